The van der Waals surface area contributed by atoms with Crippen LogP contribution in [0.5, 0.6) is 0 Å². The summed E-state index contributed by atoms with van der Waals surface area (Å²) in [4.78, 5) is 35.1. The fourth-order valence-corrected chi connectivity index (χ4v) is 2.74. The Kier molecular flexibility index (Phi) is 7.21. The highest BCUT2D eigenvalue weighted by Crippen LogP contribution is 2.24. The van der Waals surface area contributed by atoms with Crippen LogP contribution in [-0.4, -0.2) is 45.5 Å². The van der Waals surface area contributed by atoms with E-state index in [1.54, 1.807) is 31.2 Å². The summed E-state index contributed by atoms with van der Waals surface area (Å²) in [5.41, 5.74) is 1.48. The number of benzene rings is 1. The minimum absolute atomic E-state index is 0.0863. The van der Waals surface area contributed by atoms with E-state index >= 15 is 0 Å². The Hall–Kier alpha value is -4.59. The van der Waals surface area contributed by atoms with Crippen LogP contribution in [0, 0.1) is 21.4 Å². The Balaban J connectivity index is 1.72. The number of anilines is 2. The molecule has 32 heavy (non-hydrogen) atoms. The standard InChI is InChI=1S/C21H19N7O4/c1-2-32-20(29)17-13-26-21(27-19(17)15-5-3-4-14(10-15)11-22)24-9-8-23-18-7-6-16(12-25-18)28(30)31/h3-7,10,12-13H,2,8-9H2,1H3,(H,23,25)(H,24,26,27). The normalized spacial score (nSPS) is 10.1. The fraction of sp³-hybridized carbons (Fsp3) is 0.190. The number of nitriles is 1. The molecule has 3 aromatic rings. The molecule has 11 nitrogen and oxygen atoms in total. The molecule has 0 fully saturated rings. The van der Waals surface area contributed by atoms with E-state index in [2.05, 4.69) is 31.7 Å². The van der Waals surface area contributed by atoms with E-state index in [4.69, 9.17) is 4.74 Å². The van der Waals surface area contributed by atoms with Crippen molar-refractivity contribution < 1.29 is 14.5 Å². The van der Waals surface area contributed by atoms with Crippen LogP contribution in [0.2, 0.25) is 0 Å². The monoisotopic (exact) mass is 433 g/mol. The van der Waals surface area contributed by atoms with E-state index < -0.39 is 10.9 Å². The number of esters is 1. The second-order valence-corrected chi connectivity index (χ2v) is 6.38. The Morgan fingerprint density at radius 2 is 2.00 bits per heavy atom. The molecule has 3 rings (SSSR count). The number of rotatable bonds is 9. The molecule has 162 valence electrons. The summed E-state index contributed by atoms with van der Waals surface area (Å²) in [5.74, 6) is 0.223. The van der Waals surface area contributed by atoms with Gasteiger partial charge < -0.3 is 15.4 Å². The molecule has 1 aromatic carbocycles. The number of nitrogens with zero attached hydrogens (tertiary/aromatic N) is 5. The van der Waals surface area contributed by atoms with Crippen LogP contribution in [0.25, 0.3) is 11.3 Å². The summed E-state index contributed by atoms with van der Waals surface area (Å²) in [6.07, 6.45) is 2.56. The summed E-state index contributed by atoms with van der Waals surface area (Å²) in [6, 6.07) is 11.7. The zero-order valence-electron chi connectivity index (χ0n) is 17.1. The third kappa shape index (κ3) is 5.51. The van der Waals surface area contributed by atoms with Crippen molar-refractivity contribution in [2.24, 2.45) is 0 Å². The van der Waals surface area contributed by atoms with Crippen LogP contribution < -0.4 is 10.6 Å². The first kappa shape index (κ1) is 22.1. The van der Waals surface area contributed by atoms with Gasteiger partial charge in [0.25, 0.3) is 5.69 Å². The van der Waals surface area contributed by atoms with Crippen LogP contribution >= 0.6 is 0 Å². The van der Waals surface area contributed by atoms with Crippen molar-refractivity contribution in [2.75, 3.05) is 30.3 Å². The van der Waals surface area contributed by atoms with Gasteiger partial charge in [0, 0.05) is 30.9 Å². The van der Waals surface area contributed by atoms with Crippen LogP contribution in [0.1, 0.15) is 22.8 Å². The fourth-order valence-electron chi connectivity index (χ4n) is 2.74. The predicted molar refractivity (Wildman–Crippen MR) is 116 cm³/mol. The van der Waals surface area contributed by atoms with E-state index in [9.17, 15) is 20.2 Å². The molecular formula is C21H19N7O4. The summed E-state index contributed by atoms with van der Waals surface area (Å²) in [5, 5.41) is 25.9. The number of ether oxygens (including phenoxy) is 1. The number of nitrogens with one attached hydrogen (secondary N) is 2. The molecule has 2 N–H and O–H groups in total. The molecule has 0 atom stereocenters. The molecule has 0 aliphatic rings. The molecule has 0 saturated carbocycles. The van der Waals surface area contributed by atoms with Gasteiger partial charge in [0.15, 0.2) is 0 Å². The first-order chi connectivity index (χ1) is 15.5. The summed E-state index contributed by atoms with van der Waals surface area (Å²) in [7, 11) is 0. The molecule has 0 saturated heterocycles. The van der Waals surface area contributed by atoms with E-state index in [0.29, 0.717) is 35.7 Å². The molecule has 2 heterocycles. The minimum Gasteiger partial charge on any atom is -0.462 e. The maximum Gasteiger partial charge on any atom is 0.341 e. The van der Waals surface area contributed by atoms with Crippen LogP contribution in [-0.2, 0) is 4.74 Å². The lowest BCUT2D eigenvalue weighted by atomic mass is 10.0. The van der Waals surface area contributed by atoms with Crippen molar-refractivity contribution in [1.29, 1.82) is 5.26 Å². The van der Waals surface area contributed by atoms with E-state index in [1.807, 2.05) is 0 Å². The third-order valence-electron chi connectivity index (χ3n) is 4.22. The van der Waals surface area contributed by atoms with Crippen molar-refractivity contribution in [1.82, 2.24) is 15.0 Å². The maximum atomic E-state index is 12.3. The number of pyridine rings is 1. The highest BCUT2D eigenvalue weighted by Gasteiger charge is 2.18. The van der Waals surface area contributed by atoms with Crippen LogP contribution in [0.15, 0.2) is 48.8 Å². The first-order valence-corrected chi connectivity index (χ1v) is 9.64. The van der Waals surface area contributed by atoms with Gasteiger partial charge in [0.1, 0.15) is 17.6 Å². The van der Waals surface area contributed by atoms with Crippen molar-refractivity contribution >= 4 is 23.4 Å². The highest BCUT2D eigenvalue weighted by atomic mass is 16.6. The van der Waals surface area contributed by atoms with Crippen LogP contribution in [0.3, 0.4) is 0 Å². The molecule has 0 aliphatic heterocycles. The average Bonchev–Trinajstić information content (AvgIpc) is 2.82. The largest absolute Gasteiger partial charge is 0.462 e. The molecule has 0 amide bonds. The Morgan fingerprint density at radius 1 is 1.19 bits per heavy atom. The number of aromatic nitrogens is 3. The molecule has 2 aromatic heterocycles. The van der Waals surface area contributed by atoms with Gasteiger partial charge in [0.2, 0.25) is 5.95 Å². The average molecular weight is 433 g/mol. The molecule has 11 heteroatoms. The van der Waals surface area contributed by atoms with E-state index in [-0.39, 0.29) is 23.8 Å². The number of hydrogen-bond donors (Lipinski definition) is 2. The summed E-state index contributed by atoms with van der Waals surface area (Å²) in [6.45, 7) is 2.76. The van der Waals surface area contributed by atoms with Gasteiger partial charge in [-0.25, -0.2) is 19.7 Å². The van der Waals surface area contributed by atoms with Gasteiger partial charge in [-0.15, -0.1) is 0 Å². The third-order valence-corrected chi connectivity index (χ3v) is 4.22. The number of nitro groups is 1. The van der Waals surface area contributed by atoms with Gasteiger partial charge in [-0.2, -0.15) is 5.26 Å². The van der Waals surface area contributed by atoms with Crippen molar-refractivity contribution in [2.45, 2.75) is 6.92 Å². The number of carbonyl (C=O) groups is 1. The van der Waals surface area contributed by atoms with Gasteiger partial charge in [-0.1, -0.05) is 12.1 Å². The Labute approximate surface area is 183 Å². The SMILES string of the molecule is CCOC(=O)c1cnc(NCCNc2ccc([N+](=O)[O-])cn2)nc1-c1cccc(C#N)c1. The Bertz CT molecular complexity index is 1160. The smallest absolute Gasteiger partial charge is 0.341 e. The summed E-state index contributed by atoms with van der Waals surface area (Å²) < 4.78 is 5.09. The quantitative estimate of drug-likeness (QED) is 0.222. The van der Waals surface area contributed by atoms with Gasteiger partial charge >= 0.3 is 5.97 Å². The molecule has 0 aliphatic carbocycles. The molecular weight excluding hydrogens is 414 g/mol. The second-order valence-electron chi connectivity index (χ2n) is 6.38. The molecule has 0 radical (unpaired) electrons. The van der Waals surface area contributed by atoms with Crippen molar-refractivity contribution in [3.05, 3.63) is 70.0 Å². The lowest BCUT2D eigenvalue weighted by Crippen LogP contribution is -2.17. The first-order valence-electron chi connectivity index (χ1n) is 9.64. The van der Waals surface area contributed by atoms with Crippen LogP contribution in [0.4, 0.5) is 17.5 Å². The lowest BCUT2D eigenvalue weighted by Gasteiger charge is -2.11. The maximum absolute atomic E-state index is 12.3. The van der Waals surface area contributed by atoms with E-state index in [1.165, 1.54) is 24.5 Å². The zero-order chi connectivity index (χ0) is 22.9. The molecule has 0 unspecified atom stereocenters. The van der Waals surface area contributed by atoms with E-state index in [0.717, 1.165) is 0 Å². The number of carbonyl (C=O) groups excluding carboxylic acids is 1. The number of hydrogen-bond acceptors (Lipinski definition) is 10. The predicted octanol–water partition coefficient (Wildman–Crippen LogP) is 3.02. The topological polar surface area (TPSA) is 156 Å². The second kappa shape index (κ2) is 10.4. The lowest BCUT2D eigenvalue weighted by molar-refractivity contribution is -0.385. The summed E-state index contributed by atoms with van der Waals surface area (Å²) >= 11 is 0. The van der Waals surface area contributed by atoms with Crippen molar-refractivity contribution in [3.8, 4) is 17.3 Å². The Morgan fingerprint density at radius 3 is 2.69 bits per heavy atom. The molecule has 0 bridgehead atoms. The molecule has 0 spiro atoms. The highest BCUT2D eigenvalue weighted by molar-refractivity contribution is 5.96. The zero-order valence-corrected chi connectivity index (χ0v) is 17.1. The minimum atomic E-state index is -0.553. The van der Waals surface area contributed by atoms with Gasteiger partial charge in [-0.3, -0.25) is 10.1 Å². The van der Waals surface area contributed by atoms with Crippen molar-refractivity contribution in [3.63, 3.8) is 0 Å². The van der Waals surface area contributed by atoms with Gasteiger partial charge in [-0.05, 0) is 25.1 Å². The van der Waals surface area contributed by atoms with Gasteiger partial charge in [0.05, 0.1) is 28.9 Å².